The molecular formula is C11H12N2S. The van der Waals surface area contributed by atoms with E-state index >= 15 is 0 Å². The molecule has 2 aromatic rings. The highest BCUT2D eigenvalue weighted by Crippen LogP contribution is 2.18. The molecule has 14 heavy (non-hydrogen) atoms. The molecule has 0 aliphatic rings. The van der Waals surface area contributed by atoms with Gasteiger partial charge in [-0.15, -0.1) is 6.58 Å². The van der Waals surface area contributed by atoms with E-state index in [1.54, 1.807) is 0 Å². The third-order valence-corrected chi connectivity index (χ3v) is 3.13. The molecule has 3 heteroatoms. The summed E-state index contributed by atoms with van der Waals surface area (Å²) in [5, 5.41) is 7.81. The summed E-state index contributed by atoms with van der Waals surface area (Å²) in [6, 6.07) is 6.27. The maximum Gasteiger partial charge on any atom is 0.183 e. The molecule has 0 aliphatic carbocycles. The van der Waals surface area contributed by atoms with Gasteiger partial charge in [-0.05, 0) is 24.6 Å². The van der Waals surface area contributed by atoms with Gasteiger partial charge in [0.25, 0.3) is 0 Å². The number of fused-ring (bicyclic) bond motifs is 1. The zero-order valence-corrected chi connectivity index (χ0v) is 8.90. The van der Waals surface area contributed by atoms with Gasteiger partial charge in [0.15, 0.2) is 4.80 Å². The van der Waals surface area contributed by atoms with Crippen molar-refractivity contribution in [2.45, 2.75) is 13.5 Å². The average molecular weight is 204 g/mol. The van der Waals surface area contributed by atoms with Crippen LogP contribution in [-0.2, 0) is 6.54 Å². The zero-order valence-electron chi connectivity index (χ0n) is 8.08. The molecule has 1 N–H and O–H groups in total. The van der Waals surface area contributed by atoms with Gasteiger partial charge in [-0.1, -0.05) is 23.5 Å². The van der Waals surface area contributed by atoms with Gasteiger partial charge in [-0.2, -0.15) is 0 Å². The Hall–Kier alpha value is -1.35. The summed E-state index contributed by atoms with van der Waals surface area (Å²) in [6.45, 7) is 6.48. The lowest BCUT2D eigenvalue weighted by Crippen LogP contribution is -2.11. The van der Waals surface area contributed by atoms with Gasteiger partial charge in [0.1, 0.15) is 0 Å². The maximum absolute atomic E-state index is 7.81. The summed E-state index contributed by atoms with van der Waals surface area (Å²) in [7, 11) is 0. The summed E-state index contributed by atoms with van der Waals surface area (Å²) in [4.78, 5) is 0.588. The van der Waals surface area contributed by atoms with E-state index in [4.69, 9.17) is 5.41 Å². The number of thiazole rings is 1. The molecule has 1 aromatic carbocycles. The van der Waals surface area contributed by atoms with Gasteiger partial charge >= 0.3 is 0 Å². The van der Waals surface area contributed by atoms with Gasteiger partial charge in [-0.25, -0.2) is 0 Å². The standard InChI is InChI=1S/C11H12N2S/c1-3-6-13-9-5-4-8(2)7-10(9)14-11(13)12/h3-5,7,12H,1,6H2,2H3. The van der Waals surface area contributed by atoms with Crippen LogP contribution in [0.15, 0.2) is 30.9 Å². The van der Waals surface area contributed by atoms with Crippen molar-refractivity contribution in [3.05, 3.63) is 41.2 Å². The fourth-order valence-corrected chi connectivity index (χ4v) is 2.52. The molecular weight excluding hydrogens is 192 g/mol. The van der Waals surface area contributed by atoms with Gasteiger partial charge in [0, 0.05) is 6.54 Å². The zero-order chi connectivity index (χ0) is 10.1. The first kappa shape index (κ1) is 9.21. The van der Waals surface area contributed by atoms with Crippen molar-refractivity contribution in [2.75, 3.05) is 0 Å². The van der Waals surface area contributed by atoms with Crippen LogP contribution in [0, 0.1) is 12.3 Å². The highest BCUT2D eigenvalue weighted by molar-refractivity contribution is 7.16. The van der Waals surface area contributed by atoms with Gasteiger partial charge < -0.3 is 4.57 Å². The Bertz CT molecular complexity index is 534. The van der Waals surface area contributed by atoms with Crippen LogP contribution in [0.1, 0.15) is 5.56 Å². The first-order chi connectivity index (χ1) is 6.72. The van der Waals surface area contributed by atoms with E-state index in [9.17, 15) is 0 Å². The molecule has 0 fully saturated rings. The second-order valence-electron chi connectivity index (χ2n) is 3.28. The number of hydrogen-bond acceptors (Lipinski definition) is 2. The van der Waals surface area contributed by atoms with Crippen molar-refractivity contribution in [1.29, 1.82) is 5.41 Å². The summed E-state index contributed by atoms with van der Waals surface area (Å²) in [6.07, 6.45) is 1.82. The predicted octanol–water partition coefficient (Wildman–Crippen LogP) is 2.68. The third-order valence-electron chi connectivity index (χ3n) is 2.17. The third kappa shape index (κ3) is 1.40. The second-order valence-corrected chi connectivity index (χ2v) is 4.31. The van der Waals surface area contributed by atoms with Crippen LogP contribution in [0.3, 0.4) is 0 Å². The Labute approximate surface area is 86.6 Å². The van der Waals surface area contributed by atoms with Crippen LogP contribution < -0.4 is 4.80 Å². The number of nitrogens with zero attached hydrogens (tertiary/aromatic N) is 1. The Kier molecular flexibility index (Phi) is 2.25. The van der Waals surface area contributed by atoms with E-state index < -0.39 is 0 Å². The highest BCUT2D eigenvalue weighted by atomic mass is 32.1. The maximum atomic E-state index is 7.81. The lowest BCUT2D eigenvalue weighted by atomic mass is 10.2. The molecule has 1 aromatic heterocycles. The Morgan fingerprint density at radius 3 is 3.07 bits per heavy atom. The molecule has 0 aliphatic heterocycles. The number of aromatic nitrogens is 1. The molecule has 0 unspecified atom stereocenters. The number of allylic oxidation sites excluding steroid dienone is 1. The molecule has 1 heterocycles. The van der Waals surface area contributed by atoms with E-state index in [2.05, 4.69) is 31.7 Å². The summed E-state index contributed by atoms with van der Waals surface area (Å²) >= 11 is 1.51. The van der Waals surface area contributed by atoms with Crippen LogP contribution >= 0.6 is 11.3 Å². The molecule has 0 bridgehead atoms. The van der Waals surface area contributed by atoms with E-state index in [0.717, 1.165) is 5.52 Å². The summed E-state index contributed by atoms with van der Waals surface area (Å²) < 4.78 is 3.14. The molecule has 0 saturated heterocycles. The Morgan fingerprint density at radius 2 is 2.36 bits per heavy atom. The lowest BCUT2D eigenvalue weighted by molar-refractivity contribution is 0.811. The predicted molar refractivity (Wildman–Crippen MR) is 60.6 cm³/mol. The van der Waals surface area contributed by atoms with Crippen LogP contribution in [0.25, 0.3) is 10.2 Å². The minimum Gasteiger partial charge on any atom is -0.313 e. The van der Waals surface area contributed by atoms with Crippen molar-refractivity contribution >= 4 is 21.6 Å². The van der Waals surface area contributed by atoms with E-state index in [0.29, 0.717) is 11.3 Å². The van der Waals surface area contributed by atoms with E-state index in [-0.39, 0.29) is 0 Å². The first-order valence-electron chi connectivity index (χ1n) is 4.48. The van der Waals surface area contributed by atoms with Gasteiger partial charge in [0.05, 0.1) is 10.2 Å². The smallest absolute Gasteiger partial charge is 0.183 e. The number of benzene rings is 1. The van der Waals surface area contributed by atoms with Gasteiger partial charge in [-0.3, -0.25) is 5.41 Å². The topological polar surface area (TPSA) is 28.8 Å². The van der Waals surface area contributed by atoms with Crippen molar-refractivity contribution < 1.29 is 0 Å². The minimum atomic E-state index is 0.588. The Morgan fingerprint density at radius 1 is 1.57 bits per heavy atom. The molecule has 0 amide bonds. The van der Waals surface area contributed by atoms with Crippen LogP contribution in [0.2, 0.25) is 0 Å². The molecule has 0 spiro atoms. The molecule has 2 rings (SSSR count). The number of nitrogens with one attached hydrogen (secondary N) is 1. The Balaban J connectivity index is 2.76. The highest BCUT2D eigenvalue weighted by Gasteiger charge is 2.02. The molecule has 0 atom stereocenters. The van der Waals surface area contributed by atoms with Crippen molar-refractivity contribution in [3.8, 4) is 0 Å². The van der Waals surface area contributed by atoms with Crippen molar-refractivity contribution in [2.24, 2.45) is 0 Å². The van der Waals surface area contributed by atoms with Crippen LogP contribution in [-0.4, -0.2) is 4.57 Å². The van der Waals surface area contributed by atoms with Crippen LogP contribution in [0.5, 0.6) is 0 Å². The first-order valence-corrected chi connectivity index (χ1v) is 5.29. The average Bonchev–Trinajstić information content (AvgIpc) is 2.43. The largest absolute Gasteiger partial charge is 0.313 e. The fourth-order valence-electron chi connectivity index (χ4n) is 1.51. The van der Waals surface area contributed by atoms with Crippen LogP contribution in [0.4, 0.5) is 0 Å². The van der Waals surface area contributed by atoms with Crippen molar-refractivity contribution in [3.63, 3.8) is 0 Å². The van der Waals surface area contributed by atoms with Crippen molar-refractivity contribution in [1.82, 2.24) is 4.57 Å². The van der Waals surface area contributed by atoms with E-state index in [1.807, 2.05) is 10.6 Å². The molecule has 0 saturated carbocycles. The van der Waals surface area contributed by atoms with E-state index in [1.165, 1.54) is 21.6 Å². The summed E-state index contributed by atoms with van der Waals surface area (Å²) in [5.41, 5.74) is 2.37. The normalized spacial score (nSPS) is 10.6. The number of hydrogen-bond donors (Lipinski definition) is 1. The molecule has 72 valence electrons. The number of rotatable bonds is 2. The molecule has 0 radical (unpaired) electrons. The van der Waals surface area contributed by atoms with Gasteiger partial charge in [0.2, 0.25) is 0 Å². The quantitative estimate of drug-likeness (QED) is 0.729. The molecule has 2 nitrogen and oxygen atoms in total. The number of aryl methyl sites for hydroxylation is 1. The fraction of sp³-hybridized carbons (Fsp3) is 0.182. The second kappa shape index (κ2) is 3.42. The summed E-state index contributed by atoms with van der Waals surface area (Å²) in [5.74, 6) is 0. The monoisotopic (exact) mass is 204 g/mol. The lowest BCUT2D eigenvalue weighted by Gasteiger charge is -1.99. The minimum absolute atomic E-state index is 0.588. The SMILES string of the molecule is C=CCn1c(=N)sc2cc(C)ccc21.